The molecule has 3 aromatic rings. The smallest absolute Gasteiger partial charge is 0.259 e. The number of rotatable bonds is 9. The van der Waals surface area contributed by atoms with Crippen molar-refractivity contribution in [2.24, 2.45) is 17.8 Å². The number of sulfonamides is 1. The summed E-state index contributed by atoms with van der Waals surface area (Å²) in [4.78, 5) is 53.2. The molecule has 3 fully saturated rings. The molecule has 0 unspecified atom stereocenters. The SMILES string of the molecule is COc1ccc2c(O[C@@H]3C[C@H]4C(=O)N[C@]5(C(=O)NS(=O)(=O)C6CC6)C[C@H]5/C=C\CCCCN(C)C(=O)[C@@H]4C3)cc(-c3csc(NC(C)C)n3)nc2c1. The topological polar surface area (TPSA) is 169 Å². The van der Waals surface area contributed by atoms with Crippen LogP contribution in [0, 0.1) is 17.8 Å². The zero-order valence-corrected chi connectivity index (χ0v) is 31.5. The Labute approximate surface area is 308 Å². The van der Waals surface area contributed by atoms with E-state index < -0.39 is 50.6 Å². The van der Waals surface area contributed by atoms with Crippen LogP contribution in [0.15, 0.2) is 41.8 Å². The zero-order chi connectivity index (χ0) is 36.8. The van der Waals surface area contributed by atoms with Crippen LogP contribution in [0.5, 0.6) is 11.5 Å². The lowest BCUT2D eigenvalue weighted by atomic mass is 9.93. The van der Waals surface area contributed by atoms with Gasteiger partial charge < -0.3 is 25.0 Å². The molecule has 3 N–H and O–H groups in total. The van der Waals surface area contributed by atoms with Gasteiger partial charge >= 0.3 is 0 Å². The van der Waals surface area contributed by atoms with Crippen LogP contribution < -0.4 is 24.8 Å². The highest BCUT2D eigenvalue weighted by Gasteiger charge is 2.62. The molecule has 52 heavy (non-hydrogen) atoms. The third-order valence-electron chi connectivity index (χ3n) is 10.4. The number of ether oxygens (including phenoxy) is 2. The van der Waals surface area contributed by atoms with Crippen LogP contribution >= 0.6 is 11.3 Å². The lowest BCUT2D eigenvalue weighted by Crippen LogP contribution is -2.54. The first-order valence-electron chi connectivity index (χ1n) is 18.0. The monoisotopic (exact) mass is 750 g/mol. The number of hydrogen-bond acceptors (Lipinski definition) is 11. The minimum absolute atomic E-state index is 0.154. The molecule has 13 nitrogen and oxygen atoms in total. The second-order valence-corrected chi connectivity index (χ2v) is 17.6. The van der Waals surface area contributed by atoms with Gasteiger partial charge in [-0.05, 0) is 77.3 Å². The molecule has 1 aliphatic heterocycles. The van der Waals surface area contributed by atoms with E-state index in [0.29, 0.717) is 47.8 Å². The van der Waals surface area contributed by atoms with Crippen LogP contribution in [0.1, 0.15) is 65.2 Å². The van der Waals surface area contributed by atoms with Crippen molar-refractivity contribution < 1.29 is 32.3 Å². The summed E-state index contributed by atoms with van der Waals surface area (Å²) in [5, 5.41) is 9.15. The number of nitrogens with one attached hydrogen (secondary N) is 3. The van der Waals surface area contributed by atoms with Crippen LogP contribution in [0.2, 0.25) is 0 Å². The number of methoxy groups -OCH3 is 1. The van der Waals surface area contributed by atoms with E-state index in [1.807, 2.05) is 55.6 Å². The van der Waals surface area contributed by atoms with Crippen molar-refractivity contribution in [2.75, 3.05) is 26.0 Å². The van der Waals surface area contributed by atoms with Crippen LogP contribution in [-0.2, 0) is 24.4 Å². The van der Waals surface area contributed by atoms with E-state index in [1.54, 1.807) is 19.1 Å². The standard InChI is InChI=1S/C37H46N6O7S2/c1-21(2)38-36-40-31(20-51-36)30-18-32(26-13-10-23(49-4)17-29(26)39-30)50-24-15-27-28(16-24)34(45)43(3)14-8-6-5-7-9-22-19-37(22,41-33(27)44)35(46)42-52(47,48)25-11-12-25/h7,9-10,13,17-18,20-22,24-25,27-28H,5-6,8,11-12,14-16,19H2,1-4H3,(H,38,40)(H,41,44)(H,42,46)/b9-7-/t22-,24-,27-,28-,37-/m1/s1. The fraction of sp³-hybridized carbons (Fsp3) is 0.541. The Morgan fingerprint density at radius 1 is 1.10 bits per heavy atom. The molecule has 3 amide bonds. The number of amides is 3. The van der Waals surface area contributed by atoms with Gasteiger partial charge in [0.15, 0.2) is 5.13 Å². The quantitative estimate of drug-likeness (QED) is 0.262. The maximum atomic E-state index is 14.2. The van der Waals surface area contributed by atoms with E-state index in [4.69, 9.17) is 19.4 Å². The molecule has 3 saturated carbocycles. The van der Waals surface area contributed by atoms with Gasteiger partial charge in [0.25, 0.3) is 5.91 Å². The minimum atomic E-state index is -3.83. The van der Waals surface area contributed by atoms with E-state index in [0.717, 1.165) is 29.8 Å². The summed E-state index contributed by atoms with van der Waals surface area (Å²) in [5.74, 6) is -2.00. The van der Waals surface area contributed by atoms with Crippen LogP contribution in [-0.4, -0.2) is 84.6 Å². The molecule has 278 valence electrons. The fourth-order valence-corrected chi connectivity index (χ4v) is 9.52. The van der Waals surface area contributed by atoms with Crippen LogP contribution in [0.25, 0.3) is 22.3 Å². The average molecular weight is 751 g/mol. The Balaban J connectivity index is 1.19. The Morgan fingerprint density at radius 2 is 1.88 bits per heavy atom. The van der Waals surface area contributed by atoms with Gasteiger partial charge in [-0.15, -0.1) is 11.3 Å². The number of aromatic nitrogens is 2. The molecule has 0 saturated heterocycles. The first-order valence-corrected chi connectivity index (χ1v) is 20.5. The Kier molecular flexibility index (Phi) is 9.93. The number of hydrogen-bond donors (Lipinski definition) is 3. The summed E-state index contributed by atoms with van der Waals surface area (Å²) in [6, 6.07) is 7.59. The molecule has 1 aromatic carbocycles. The Morgan fingerprint density at radius 3 is 2.63 bits per heavy atom. The number of allylic oxidation sites excluding steroid dienone is 1. The fourth-order valence-electron chi connectivity index (χ4n) is 7.31. The van der Waals surface area contributed by atoms with Crippen molar-refractivity contribution in [3.63, 3.8) is 0 Å². The van der Waals surface area contributed by atoms with Gasteiger partial charge in [-0.2, -0.15) is 0 Å². The molecular weight excluding hydrogens is 705 g/mol. The van der Waals surface area contributed by atoms with Crippen molar-refractivity contribution in [1.82, 2.24) is 24.9 Å². The molecule has 0 radical (unpaired) electrons. The molecule has 0 spiro atoms. The molecule has 4 aliphatic rings. The van der Waals surface area contributed by atoms with Crippen molar-refractivity contribution >= 4 is 55.1 Å². The lowest BCUT2D eigenvalue weighted by Gasteiger charge is -2.26. The molecule has 15 heteroatoms. The number of fused-ring (bicyclic) bond motifs is 3. The van der Waals surface area contributed by atoms with Gasteiger partial charge in [0.2, 0.25) is 21.8 Å². The molecule has 2 aromatic heterocycles. The van der Waals surface area contributed by atoms with E-state index in [2.05, 4.69) is 15.4 Å². The Hall–Kier alpha value is -4.24. The maximum absolute atomic E-state index is 14.2. The highest BCUT2D eigenvalue weighted by atomic mass is 32.2. The summed E-state index contributed by atoms with van der Waals surface area (Å²) < 4.78 is 40.0. The second-order valence-electron chi connectivity index (χ2n) is 14.8. The normalized spacial score (nSPS) is 27.3. The molecular formula is C37H46N6O7S2. The van der Waals surface area contributed by atoms with Crippen molar-refractivity contribution in [1.29, 1.82) is 0 Å². The van der Waals surface area contributed by atoms with E-state index in [-0.39, 0.29) is 37.1 Å². The third kappa shape index (κ3) is 7.47. The zero-order valence-electron chi connectivity index (χ0n) is 29.9. The largest absolute Gasteiger partial charge is 0.497 e. The molecule has 3 aliphatic carbocycles. The molecule has 3 heterocycles. The molecule has 0 bridgehead atoms. The number of benzene rings is 1. The number of thiazole rings is 1. The number of anilines is 1. The number of pyridine rings is 1. The lowest BCUT2D eigenvalue weighted by molar-refractivity contribution is -0.140. The van der Waals surface area contributed by atoms with Gasteiger partial charge in [-0.3, -0.25) is 19.1 Å². The summed E-state index contributed by atoms with van der Waals surface area (Å²) in [6.07, 6.45) is 7.56. The summed E-state index contributed by atoms with van der Waals surface area (Å²) in [5.41, 5.74) is 0.532. The highest BCUT2D eigenvalue weighted by Crippen LogP contribution is 2.47. The number of carbonyl (C=O) groups is 3. The summed E-state index contributed by atoms with van der Waals surface area (Å²) in [6.45, 7) is 4.64. The summed E-state index contributed by atoms with van der Waals surface area (Å²) in [7, 11) is -0.479. The van der Waals surface area contributed by atoms with Crippen molar-refractivity contribution in [3.8, 4) is 22.9 Å². The van der Waals surface area contributed by atoms with Gasteiger partial charge in [0.1, 0.15) is 28.8 Å². The first kappa shape index (κ1) is 36.1. The number of carbonyl (C=O) groups excluding carboxylic acids is 3. The van der Waals surface area contributed by atoms with Crippen LogP contribution in [0.3, 0.4) is 0 Å². The predicted octanol–water partition coefficient (Wildman–Crippen LogP) is 4.64. The van der Waals surface area contributed by atoms with E-state index >= 15 is 0 Å². The van der Waals surface area contributed by atoms with Crippen LogP contribution in [0.4, 0.5) is 5.13 Å². The van der Waals surface area contributed by atoms with Gasteiger partial charge in [-0.25, -0.2) is 18.4 Å². The average Bonchev–Trinajstić information content (AvgIpc) is 3.99. The summed E-state index contributed by atoms with van der Waals surface area (Å²) >= 11 is 1.48. The van der Waals surface area contributed by atoms with Gasteiger partial charge in [-0.1, -0.05) is 12.2 Å². The maximum Gasteiger partial charge on any atom is 0.259 e. The first-order chi connectivity index (χ1) is 24.9. The second kappa shape index (κ2) is 14.3. The third-order valence-corrected chi connectivity index (χ3v) is 13.0. The van der Waals surface area contributed by atoms with Crippen molar-refractivity contribution in [3.05, 3.63) is 41.8 Å². The molecule has 7 rings (SSSR count). The van der Waals surface area contributed by atoms with Crippen molar-refractivity contribution in [2.45, 2.75) is 88.1 Å². The van der Waals surface area contributed by atoms with E-state index in [1.165, 1.54) is 11.3 Å². The Bertz CT molecular complexity index is 2010. The minimum Gasteiger partial charge on any atom is -0.497 e. The highest BCUT2D eigenvalue weighted by molar-refractivity contribution is 7.91. The number of nitrogens with zero attached hydrogens (tertiary/aromatic N) is 3. The predicted molar refractivity (Wildman–Crippen MR) is 198 cm³/mol. The van der Waals surface area contributed by atoms with E-state index in [9.17, 15) is 22.8 Å². The van der Waals surface area contributed by atoms with Gasteiger partial charge in [0.05, 0.1) is 35.4 Å². The van der Waals surface area contributed by atoms with Gasteiger partial charge in [0, 0.05) is 48.5 Å². The molecule has 5 atom stereocenters.